The van der Waals surface area contributed by atoms with E-state index < -0.39 is 5.92 Å². The molecule has 4 rings (SSSR count). The predicted octanol–water partition coefficient (Wildman–Crippen LogP) is 5.09. The lowest BCUT2D eigenvalue weighted by Gasteiger charge is -2.28. The van der Waals surface area contributed by atoms with Gasteiger partial charge in [-0.1, -0.05) is 40.2 Å². The zero-order valence-electron chi connectivity index (χ0n) is 15.6. The first kappa shape index (κ1) is 19.8. The Morgan fingerprint density at radius 2 is 1.93 bits per heavy atom. The van der Waals surface area contributed by atoms with E-state index in [1.54, 1.807) is 36.4 Å². The van der Waals surface area contributed by atoms with E-state index in [1.165, 1.54) is 18.2 Å². The molecule has 3 N–H and O–H groups in total. The number of allylic oxidation sites excluding steroid dienone is 1. The van der Waals surface area contributed by atoms with Gasteiger partial charge in [0.05, 0.1) is 5.92 Å². The van der Waals surface area contributed by atoms with Crippen molar-refractivity contribution in [1.82, 2.24) is 0 Å². The highest BCUT2D eigenvalue weighted by Crippen LogP contribution is 2.46. The Balaban J connectivity index is 1.81. The fourth-order valence-corrected chi connectivity index (χ4v) is 3.79. The number of nitrogens with two attached hydrogens (primary N) is 1. The smallest absolute Gasteiger partial charge is 0.205 e. The van der Waals surface area contributed by atoms with Crippen LogP contribution in [0, 0.1) is 17.1 Å². The normalized spacial score (nSPS) is 15.2. The minimum absolute atomic E-state index is 0.0194. The average Bonchev–Trinajstić information content (AvgIpc) is 2.72. The Labute approximate surface area is 180 Å². The van der Waals surface area contributed by atoms with Crippen LogP contribution in [0.2, 0.25) is 0 Å². The Hall–Kier alpha value is -3.50. The summed E-state index contributed by atoms with van der Waals surface area (Å²) < 4.78 is 26.3. The Kier molecular flexibility index (Phi) is 5.34. The maximum atomic E-state index is 14.0. The van der Waals surface area contributed by atoms with Crippen molar-refractivity contribution in [3.63, 3.8) is 0 Å². The summed E-state index contributed by atoms with van der Waals surface area (Å²) in [6, 6.07) is 18.5. The number of nitrogens with zero attached hydrogens (tertiary/aromatic N) is 1. The van der Waals surface area contributed by atoms with E-state index in [1.807, 2.05) is 6.07 Å². The number of halogens is 2. The lowest BCUT2D eigenvalue weighted by Crippen LogP contribution is -2.21. The average molecular weight is 467 g/mol. The van der Waals surface area contributed by atoms with Crippen molar-refractivity contribution in [3.05, 3.63) is 99.1 Å². The highest BCUT2D eigenvalue weighted by Gasteiger charge is 2.33. The summed E-state index contributed by atoms with van der Waals surface area (Å²) in [7, 11) is 0. The molecule has 3 aromatic rings. The van der Waals surface area contributed by atoms with E-state index in [0.29, 0.717) is 28.2 Å². The minimum atomic E-state index is -0.576. The number of phenolic OH excluding ortho intramolecular Hbond substituents is 1. The van der Waals surface area contributed by atoms with Gasteiger partial charge in [0, 0.05) is 27.2 Å². The molecule has 0 fully saturated rings. The molecule has 0 bridgehead atoms. The molecule has 0 aliphatic carbocycles. The first-order chi connectivity index (χ1) is 14.5. The molecule has 3 aromatic carbocycles. The topological polar surface area (TPSA) is 88.5 Å². The lowest BCUT2D eigenvalue weighted by molar-refractivity contribution is 0.295. The number of hydrogen-bond donors (Lipinski definition) is 2. The molecule has 0 aromatic heterocycles. The van der Waals surface area contributed by atoms with Gasteiger partial charge in [0.15, 0.2) is 0 Å². The van der Waals surface area contributed by atoms with Crippen molar-refractivity contribution in [2.75, 3.05) is 0 Å². The van der Waals surface area contributed by atoms with Gasteiger partial charge in [-0.15, -0.1) is 0 Å². The predicted molar refractivity (Wildman–Crippen MR) is 112 cm³/mol. The van der Waals surface area contributed by atoms with E-state index in [-0.39, 0.29) is 29.6 Å². The number of hydrogen-bond acceptors (Lipinski definition) is 5. The number of ether oxygens (including phenoxy) is 2. The molecule has 0 amide bonds. The zero-order valence-corrected chi connectivity index (χ0v) is 17.2. The van der Waals surface area contributed by atoms with Crippen molar-refractivity contribution in [2.24, 2.45) is 5.73 Å². The van der Waals surface area contributed by atoms with Crippen LogP contribution in [0.4, 0.5) is 4.39 Å². The first-order valence-corrected chi connectivity index (χ1v) is 9.83. The van der Waals surface area contributed by atoms with Crippen LogP contribution in [0.3, 0.4) is 0 Å². The van der Waals surface area contributed by atoms with Crippen LogP contribution in [-0.2, 0) is 6.61 Å². The van der Waals surface area contributed by atoms with E-state index >= 15 is 0 Å². The summed E-state index contributed by atoms with van der Waals surface area (Å²) in [5.41, 5.74) is 7.97. The van der Waals surface area contributed by atoms with Gasteiger partial charge in [0.2, 0.25) is 5.88 Å². The number of fused-ring (bicyclic) bond motifs is 1. The fraction of sp³-hybridized carbons (Fsp3) is 0.0870. The molecule has 30 heavy (non-hydrogen) atoms. The molecule has 0 saturated heterocycles. The highest BCUT2D eigenvalue weighted by molar-refractivity contribution is 9.10. The van der Waals surface area contributed by atoms with E-state index in [9.17, 15) is 14.8 Å². The van der Waals surface area contributed by atoms with Crippen molar-refractivity contribution in [3.8, 4) is 23.3 Å². The summed E-state index contributed by atoms with van der Waals surface area (Å²) in [6.45, 7) is 0.0219. The minimum Gasteiger partial charge on any atom is -0.508 e. The van der Waals surface area contributed by atoms with Crippen LogP contribution in [0.25, 0.3) is 0 Å². The largest absolute Gasteiger partial charge is 0.508 e. The molecule has 0 spiro atoms. The zero-order chi connectivity index (χ0) is 21.3. The van der Waals surface area contributed by atoms with E-state index in [4.69, 9.17) is 15.2 Å². The van der Waals surface area contributed by atoms with Gasteiger partial charge < -0.3 is 20.3 Å². The van der Waals surface area contributed by atoms with Gasteiger partial charge in [-0.2, -0.15) is 5.26 Å². The van der Waals surface area contributed by atoms with Crippen molar-refractivity contribution in [2.45, 2.75) is 12.5 Å². The second kappa shape index (κ2) is 8.09. The molecule has 5 nitrogen and oxygen atoms in total. The summed E-state index contributed by atoms with van der Waals surface area (Å²) in [4.78, 5) is 0. The van der Waals surface area contributed by atoms with Crippen LogP contribution >= 0.6 is 15.9 Å². The van der Waals surface area contributed by atoms with Gasteiger partial charge in [0.25, 0.3) is 0 Å². The van der Waals surface area contributed by atoms with Crippen LogP contribution in [0.1, 0.15) is 22.6 Å². The van der Waals surface area contributed by atoms with Crippen molar-refractivity contribution in [1.29, 1.82) is 5.26 Å². The molecule has 0 radical (unpaired) electrons. The first-order valence-electron chi connectivity index (χ1n) is 9.04. The van der Waals surface area contributed by atoms with Crippen LogP contribution < -0.4 is 15.2 Å². The van der Waals surface area contributed by atoms with Gasteiger partial charge in [-0.05, 0) is 30.3 Å². The second-order valence-corrected chi connectivity index (χ2v) is 7.62. The quantitative estimate of drug-likeness (QED) is 0.558. The molecule has 1 heterocycles. The summed E-state index contributed by atoms with van der Waals surface area (Å²) in [5, 5.41) is 19.6. The number of rotatable bonds is 4. The Bertz CT molecular complexity index is 1200. The van der Waals surface area contributed by atoms with Crippen LogP contribution in [0.15, 0.2) is 76.6 Å². The van der Waals surface area contributed by atoms with Crippen LogP contribution in [-0.4, -0.2) is 5.11 Å². The fourth-order valence-electron chi connectivity index (χ4n) is 3.41. The van der Waals surface area contributed by atoms with Gasteiger partial charge >= 0.3 is 0 Å². The standard InChI is InChI=1S/C23H16BrFN2O3/c24-14-5-8-20(29-12-13-3-1-2-4-19(13)25)17(9-14)22-16-7-6-15(28)10-21(16)30-23(27)18(22)11-26/h1-10,22,28H,12,27H2/t22-/m0/s1. The monoisotopic (exact) mass is 466 g/mol. The van der Waals surface area contributed by atoms with Crippen molar-refractivity contribution < 1.29 is 19.0 Å². The molecular weight excluding hydrogens is 451 g/mol. The van der Waals surface area contributed by atoms with Crippen molar-refractivity contribution >= 4 is 15.9 Å². The Morgan fingerprint density at radius 1 is 1.13 bits per heavy atom. The third-order valence-electron chi connectivity index (χ3n) is 4.83. The summed E-state index contributed by atoms with van der Waals surface area (Å²) in [5.74, 6) is -0.117. The van der Waals surface area contributed by atoms with Gasteiger partial charge in [0.1, 0.15) is 41.3 Å². The third kappa shape index (κ3) is 3.70. The summed E-state index contributed by atoms with van der Waals surface area (Å²) >= 11 is 3.46. The lowest BCUT2D eigenvalue weighted by atomic mass is 9.83. The van der Waals surface area contributed by atoms with Gasteiger partial charge in [-0.3, -0.25) is 0 Å². The van der Waals surface area contributed by atoms with E-state index in [0.717, 1.165) is 4.47 Å². The third-order valence-corrected chi connectivity index (χ3v) is 5.32. The number of phenols is 1. The maximum Gasteiger partial charge on any atom is 0.205 e. The molecule has 1 aliphatic heterocycles. The molecule has 0 saturated carbocycles. The molecule has 0 unspecified atom stereocenters. The van der Waals surface area contributed by atoms with Crippen LogP contribution in [0.5, 0.6) is 17.2 Å². The number of aromatic hydroxyl groups is 1. The van der Waals surface area contributed by atoms with E-state index in [2.05, 4.69) is 22.0 Å². The molecule has 150 valence electrons. The molecule has 1 atom stereocenters. The SMILES string of the molecule is N#CC1=C(N)Oc2cc(O)ccc2[C@H]1c1cc(Br)ccc1OCc1ccccc1F. The number of benzene rings is 3. The van der Waals surface area contributed by atoms with Gasteiger partial charge in [-0.25, -0.2) is 4.39 Å². The molecule has 7 heteroatoms. The highest BCUT2D eigenvalue weighted by atomic mass is 79.9. The number of nitriles is 1. The maximum absolute atomic E-state index is 14.0. The molecule has 1 aliphatic rings. The summed E-state index contributed by atoms with van der Waals surface area (Å²) in [6.07, 6.45) is 0. The second-order valence-electron chi connectivity index (χ2n) is 6.71. The Morgan fingerprint density at radius 3 is 2.70 bits per heavy atom. The molecular formula is C23H16BrFN2O3.